The summed E-state index contributed by atoms with van der Waals surface area (Å²) in [6.45, 7) is 3.68. The molecule has 0 aliphatic carbocycles. The molecule has 1 atom stereocenters. The predicted octanol–water partition coefficient (Wildman–Crippen LogP) is 2.42. The van der Waals surface area contributed by atoms with Gasteiger partial charge in [-0.15, -0.1) is 0 Å². The summed E-state index contributed by atoms with van der Waals surface area (Å²) < 4.78 is 5.32. The van der Waals surface area contributed by atoms with Crippen molar-refractivity contribution < 1.29 is 9.21 Å². The van der Waals surface area contributed by atoms with Gasteiger partial charge in [0.05, 0.1) is 12.3 Å². The van der Waals surface area contributed by atoms with Crippen molar-refractivity contribution in [2.45, 2.75) is 25.9 Å². The molecule has 0 radical (unpaired) electrons. The van der Waals surface area contributed by atoms with Crippen molar-refractivity contribution in [3.8, 4) is 0 Å². The topological polar surface area (TPSA) is 54.3 Å². The number of amides is 1. The Morgan fingerprint density at radius 2 is 2.25 bits per heavy atom. The van der Waals surface area contributed by atoms with Gasteiger partial charge in [0.25, 0.3) is 5.91 Å². The van der Waals surface area contributed by atoms with Crippen LogP contribution in [0.4, 0.5) is 0 Å². The zero-order valence-electron chi connectivity index (χ0n) is 11.5. The number of carbonyl (C=O) groups is 1. The van der Waals surface area contributed by atoms with Gasteiger partial charge in [-0.2, -0.15) is 0 Å². The number of fused-ring (bicyclic) bond motifs is 1. The van der Waals surface area contributed by atoms with E-state index in [1.807, 2.05) is 31.2 Å². The van der Waals surface area contributed by atoms with Crippen LogP contribution in [0.5, 0.6) is 0 Å². The first kappa shape index (κ1) is 12.9. The molecule has 2 heterocycles. The molecule has 1 aromatic carbocycles. The highest BCUT2D eigenvalue weighted by atomic mass is 16.3. The number of rotatable bonds is 3. The van der Waals surface area contributed by atoms with E-state index in [1.165, 1.54) is 5.56 Å². The predicted molar refractivity (Wildman–Crippen MR) is 76.4 cm³/mol. The van der Waals surface area contributed by atoms with Gasteiger partial charge < -0.3 is 15.1 Å². The van der Waals surface area contributed by atoms with Gasteiger partial charge in [-0.3, -0.25) is 4.79 Å². The molecule has 1 aliphatic rings. The minimum atomic E-state index is -0.130. The van der Waals surface area contributed by atoms with E-state index < -0.39 is 0 Å². The second kappa shape index (κ2) is 5.51. The van der Waals surface area contributed by atoms with Gasteiger partial charge >= 0.3 is 0 Å². The molecule has 2 aromatic rings. The van der Waals surface area contributed by atoms with Crippen LogP contribution in [0, 0.1) is 0 Å². The van der Waals surface area contributed by atoms with Crippen molar-refractivity contribution in [1.29, 1.82) is 0 Å². The Kier molecular flexibility index (Phi) is 3.56. The van der Waals surface area contributed by atoms with E-state index in [0.717, 1.165) is 36.4 Å². The van der Waals surface area contributed by atoms with E-state index in [9.17, 15) is 4.79 Å². The number of hydrogen-bond acceptors (Lipinski definition) is 3. The Morgan fingerprint density at radius 3 is 3.05 bits per heavy atom. The molecule has 20 heavy (non-hydrogen) atoms. The van der Waals surface area contributed by atoms with Gasteiger partial charge in [0.15, 0.2) is 0 Å². The van der Waals surface area contributed by atoms with Gasteiger partial charge in [-0.25, -0.2) is 0 Å². The standard InChI is InChI=1S/C16H18N2O2/c1-11(15-6-3-9-20-15)18-16(19)14-5-2-4-12-10-17-8-7-13(12)14/h2-6,9,11,17H,7-8,10H2,1H3,(H,18,19)/t11-/m1/s1. The van der Waals surface area contributed by atoms with Crippen molar-refractivity contribution in [3.05, 3.63) is 59.0 Å². The molecule has 1 amide bonds. The van der Waals surface area contributed by atoms with Crippen LogP contribution in [0.1, 0.15) is 40.2 Å². The Balaban J connectivity index is 1.81. The summed E-state index contributed by atoms with van der Waals surface area (Å²) in [6.07, 6.45) is 2.52. The average Bonchev–Trinajstić information content (AvgIpc) is 3.01. The van der Waals surface area contributed by atoms with Crippen molar-refractivity contribution >= 4 is 5.91 Å². The smallest absolute Gasteiger partial charge is 0.252 e. The zero-order chi connectivity index (χ0) is 13.9. The molecule has 0 saturated heterocycles. The first-order valence-corrected chi connectivity index (χ1v) is 6.91. The molecule has 1 aliphatic heterocycles. The Labute approximate surface area is 118 Å². The molecule has 0 spiro atoms. The molecule has 1 aromatic heterocycles. The molecule has 0 saturated carbocycles. The lowest BCUT2D eigenvalue weighted by Crippen LogP contribution is -2.30. The Hall–Kier alpha value is -2.07. The van der Waals surface area contributed by atoms with Crippen LogP contribution in [0.15, 0.2) is 41.0 Å². The molecule has 0 fully saturated rings. The summed E-state index contributed by atoms with van der Waals surface area (Å²) in [5.74, 6) is 0.734. The summed E-state index contributed by atoms with van der Waals surface area (Å²) in [4.78, 5) is 12.4. The highest BCUT2D eigenvalue weighted by molar-refractivity contribution is 5.96. The maximum absolute atomic E-state index is 12.4. The van der Waals surface area contributed by atoms with Gasteiger partial charge in [-0.1, -0.05) is 12.1 Å². The fraction of sp³-hybridized carbons (Fsp3) is 0.312. The van der Waals surface area contributed by atoms with Crippen LogP contribution < -0.4 is 10.6 Å². The van der Waals surface area contributed by atoms with E-state index in [-0.39, 0.29) is 11.9 Å². The molecule has 104 valence electrons. The van der Waals surface area contributed by atoms with Gasteiger partial charge in [0.2, 0.25) is 0 Å². The number of hydrogen-bond donors (Lipinski definition) is 2. The third kappa shape index (κ3) is 2.47. The zero-order valence-corrected chi connectivity index (χ0v) is 11.5. The van der Waals surface area contributed by atoms with Crippen LogP contribution in [0.25, 0.3) is 0 Å². The van der Waals surface area contributed by atoms with E-state index in [0.29, 0.717) is 0 Å². The quantitative estimate of drug-likeness (QED) is 0.900. The van der Waals surface area contributed by atoms with Gasteiger partial charge in [-0.05, 0) is 49.2 Å². The van der Waals surface area contributed by atoms with Crippen LogP contribution in [0.3, 0.4) is 0 Å². The largest absolute Gasteiger partial charge is 0.467 e. The van der Waals surface area contributed by atoms with E-state index >= 15 is 0 Å². The van der Waals surface area contributed by atoms with Crippen molar-refractivity contribution in [3.63, 3.8) is 0 Å². The van der Waals surface area contributed by atoms with E-state index in [4.69, 9.17) is 4.42 Å². The van der Waals surface area contributed by atoms with E-state index in [2.05, 4.69) is 16.7 Å². The van der Waals surface area contributed by atoms with Crippen molar-refractivity contribution in [2.75, 3.05) is 6.54 Å². The molecular weight excluding hydrogens is 252 g/mol. The maximum atomic E-state index is 12.4. The Morgan fingerprint density at radius 1 is 1.35 bits per heavy atom. The monoisotopic (exact) mass is 270 g/mol. The summed E-state index contributed by atoms with van der Waals surface area (Å²) in [5, 5.41) is 6.32. The normalized spacial score (nSPS) is 15.4. The molecular formula is C16H18N2O2. The molecule has 3 rings (SSSR count). The van der Waals surface area contributed by atoms with Gasteiger partial charge in [0.1, 0.15) is 5.76 Å². The number of furan rings is 1. The summed E-state index contributed by atoms with van der Waals surface area (Å²) in [6, 6.07) is 9.49. The number of carbonyl (C=O) groups excluding carboxylic acids is 1. The Bertz CT molecular complexity index is 605. The highest BCUT2D eigenvalue weighted by Crippen LogP contribution is 2.20. The molecule has 2 N–H and O–H groups in total. The van der Waals surface area contributed by atoms with Crippen molar-refractivity contribution in [1.82, 2.24) is 10.6 Å². The summed E-state index contributed by atoms with van der Waals surface area (Å²) >= 11 is 0. The fourth-order valence-corrected chi connectivity index (χ4v) is 2.63. The average molecular weight is 270 g/mol. The fourth-order valence-electron chi connectivity index (χ4n) is 2.63. The second-order valence-electron chi connectivity index (χ2n) is 5.08. The van der Waals surface area contributed by atoms with Gasteiger partial charge in [0, 0.05) is 12.1 Å². The third-order valence-electron chi connectivity index (χ3n) is 3.70. The van der Waals surface area contributed by atoms with Crippen molar-refractivity contribution in [2.24, 2.45) is 0 Å². The SMILES string of the molecule is C[C@@H](NC(=O)c1cccc2c1CCNC2)c1ccco1. The lowest BCUT2D eigenvalue weighted by Gasteiger charge is -2.20. The summed E-state index contributed by atoms with van der Waals surface area (Å²) in [5.41, 5.74) is 3.16. The lowest BCUT2D eigenvalue weighted by molar-refractivity contribution is 0.0934. The number of benzene rings is 1. The first-order valence-electron chi connectivity index (χ1n) is 6.91. The third-order valence-corrected chi connectivity index (χ3v) is 3.70. The molecule has 0 bridgehead atoms. The second-order valence-corrected chi connectivity index (χ2v) is 5.08. The van der Waals surface area contributed by atoms with Crippen LogP contribution in [0.2, 0.25) is 0 Å². The number of nitrogens with one attached hydrogen (secondary N) is 2. The molecule has 0 unspecified atom stereocenters. The summed E-state index contributed by atoms with van der Waals surface area (Å²) in [7, 11) is 0. The van der Waals surface area contributed by atoms with E-state index in [1.54, 1.807) is 6.26 Å². The minimum absolute atomic E-state index is 0.0346. The lowest BCUT2D eigenvalue weighted by atomic mass is 9.95. The minimum Gasteiger partial charge on any atom is -0.467 e. The van der Waals surface area contributed by atoms with Crippen LogP contribution in [-0.4, -0.2) is 12.5 Å². The highest BCUT2D eigenvalue weighted by Gasteiger charge is 2.19. The van der Waals surface area contributed by atoms with Crippen LogP contribution in [-0.2, 0) is 13.0 Å². The molecule has 4 nitrogen and oxygen atoms in total. The first-order chi connectivity index (χ1) is 9.75. The maximum Gasteiger partial charge on any atom is 0.252 e. The van der Waals surface area contributed by atoms with Crippen LogP contribution >= 0.6 is 0 Å². The molecule has 4 heteroatoms.